The Morgan fingerprint density at radius 2 is 1.75 bits per heavy atom. The van der Waals surface area contributed by atoms with Gasteiger partial charge in [0.05, 0.1) is 18.6 Å². The van der Waals surface area contributed by atoms with Crippen LogP contribution in [0.3, 0.4) is 0 Å². The van der Waals surface area contributed by atoms with Crippen LogP contribution in [0.15, 0.2) is 65.8 Å². The fraction of sp³-hybridized carbons (Fsp3) is 0.214. The van der Waals surface area contributed by atoms with E-state index in [4.69, 9.17) is 27.2 Å². The Balaban J connectivity index is 1.31. The molecule has 1 saturated heterocycles. The van der Waals surface area contributed by atoms with Crippen molar-refractivity contribution in [1.82, 2.24) is 29.5 Å². The number of hydrogen-bond donors (Lipinski definition) is 2. The zero-order valence-corrected chi connectivity index (χ0v) is 22.5. The van der Waals surface area contributed by atoms with E-state index in [1.165, 1.54) is 6.33 Å². The number of amides is 1. The maximum Gasteiger partial charge on any atom is 0.280 e. The van der Waals surface area contributed by atoms with Gasteiger partial charge in [0.2, 0.25) is 5.43 Å². The predicted octanol–water partition coefficient (Wildman–Crippen LogP) is 4.36. The largest absolute Gasteiger partial charge is 0.383 e. The van der Waals surface area contributed by atoms with Crippen LogP contribution in [0.1, 0.15) is 36.4 Å². The molecule has 3 N–H and O–H groups in total. The Kier molecular flexibility index (Phi) is 6.53. The Morgan fingerprint density at radius 3 is 2.40 bits per heavy atom. The highest BCUT2D eigenvalue weighted by Crippen LogP contribution is 2.33. The number of nitrogens with zero attached hydrogens (tertiary/aromatic N) is 6. The number of hydrogen-bond acceptors (Lipinski definition) is 8. The number of ether oxygens (including phenoxy) is 1. The van der Waals surface area contributed by atoms with Gasteiger partial charge in [-0.05, 0) is 43.7 Å². The third-order valence-electron chi connectivity index (χ3n) is 6.74. The summed E-state index contributed by atoms with van der Waals surface area (Å²) < 4.78 is 8.75. The third kappa shape index (κ3) is 4.59. The molecule has 1 aliphatic heterocycles. The van der Waals surface area contributed by atoms with Gasteiger partial charge in [-0.1, -0.05) is 35.9 Å². The lowest BCUT2D eigenvalue weighted by atomic mass is 10.1. The van der Waals surface area contributed by atoms with Gasteiger partial charge in [0.25, 0.3) is 5.91 Å². The zero-order chi connectivity index (χ0) is 28.0. The number of carbonyl (C=O) groups excluding carboxylic acids is 1. The highest BCUT2D eigenvalue weighted by atomic mass is 35.5. The molecule has 1 amide bonds. The van der Waals surface area contributed by atoms with Crippen molar-refractivity contribution in [2.24, 2.45) is 0 Å². The maximum absolute atomic E-state index is 13.3. The third-order valence-corrected chi connectivity index (χ3v) is 6.99. The van der Waals surface area contributed by atoms with Crippen LogP contribution in [0.25, 0.3) is 33.4 Å². The molecule has 12 heteroatoms. The van der Waals surface area contributed by atoms with Crippen LogP contribution in [0.5, 0.6) is 0 Å². The molecule has 0 radical (unpaired) electrons. The number of nitrogens with two attached hydrogens (primary N) is 1. The van der Waals surface area contributed by atoms with E-state index in [0.29, 0.717) is 57.6 Å². The maximum atomic E-state index is 13.3. The Morgan fingerprint density at radius 1 is 1.05 bits per heavy atom. The zero-order valence-electron chi connectivity index (χ0n) is 21.7. The second kappa shape index (κ2) is 10.2. The molecule has 0 atom stereocenters. The van der Waals surface area contributed by atoms with Crippen LogP contribution >= 0.6 is 11.6 Å². The molecular formula is C28H25ClN8O3. The van der Waals surface area contributed by atoms with E-state index in [0.717, 1.165) is 5.56 Å². The number of nitrogen functional groups attached to an aromatic ring is 1. The molecule has 0 aliphatic carbocycles. The number of nitrogens with one attached hydrogen (secondary N) is 1. The summed E-state index contributed by atoms with van der Waals surface area (Å²) in [6.07, 6.45) is 3.07. The molecule has 6 rings (SSSR count). The Labute approximate surface area is 233 Å². The van der Waals surface area contributed by atoms with E-state index in [1.54, 1.807) is 47.3 Å². The number of benzene rings is 2. The summed E-state index contributed by atoms with van der Waals surface area (Å²) >= 11 is 6.02. The summed E-state index contributed by atoms with van der Waals surface area (Å²) in [5, 5.41) is 13.1. The number of fused-ring (bicyclic) bond motifs is 1. The summed E-state index contributed by atoms with van der Waals surface area (Å²) in [6, 6.07) is 14.0. The smallest absolute Gasteiger partial charge is 0.280 e. The van der Waals surface area contributed by atoms with Crippen molar-refractivity contribution < 1.29 is 9.53 Å². The minimum atomic E-state index is -0.611. The molecule has 0 bridgehead atoms. The fourth-order valence-corrected chi connectivity index (χ4v) is 4.60. The number of aromatic nitrogens is 6. The molecule has 1 fully saturated rings. The number of carbonyl (C=O) groups is 1. The topological polar surface area (TPSA) is 143 Å². The van der Waals surface area contributed by atoms with Gasteiger partial charge in [-0.2, -0.15) is 10.2 Å². The van der Waals surface area contributed by atoms with Crippen molar-refractivity contribution in [3.63, 3.8) is 0 Å². The van der Waals surface area contributed by atoms with E-state index in [9.17, 15) is 9.59 Å². The number of halogens is 1. The SMILES string of the molecule is CC(C)n1cc(-c2ccc(Cl)cc2)c(=O)c(C(=O)Nc2ccc(-c3nn(C4COC4)c4ncnc(N)c34)cc2)n1. The lowest BCUT2D eigenvalue weighted by molar-refractivity contribution is -0.0268. The lowest BCUT2D eigenvalue weighted by Gasteiger charge is -2.26. The van der Waals surface area contributed by atoms with Gasteiger partial charge in [0, 0.05) is 34.1 Å². The average molecular weight is 557 g/mol. The summed E-state index contributed by atoms with van der Waals surface area (Å²) in [4.78, 5) is 35.1. The number of anilines is 2. The minimum Gasteiger partial charge on any atom is -0.383 e. The lowest BCUT2D eigenvalue weighted by Crippen LogP contribution is -2.31. The summed E-state index contributed by atoms with van der Waals surface area (Å²) in [6.45, 7) is 4.95. The van der Waals surface area contributed by atoms with E-state index in [-0.39, 0.29) is 17.8 Å². The van der Waals surface area contributed by atoms with Crippen molar-refractivity contribution in [2.75, 3.05) is 24.3 Å². The van der Waals surface area contributed by atoms with Crippen LogP contribution in [0, 0.1) is 0 Å². The van der Waals surface area contributed by atoms with Gasteiger partial charge >= 0.3 is 0 Å². The van der Waals surface area contributed by atoms with Gasteiger partial charge in [-0.3, -0.25) is 14.3 Å². The predicted molar refractivity (Wildman–Crippen MR) is 152 cm³/mol. The van der Waals surface area contributed by atoms with Crippen molar-refractivity contribution in [3.8, 4) is 22.4 Å². The average Bonchev–Trinajstić information content (AvgIpc) is 3.29. The highest BCUT2D eigenvalue weighted by Gasteiger charge is 2.27. The van der Waals surface area contributed by atoms with Gasteiger partial charge in [-0.25, -0.2) is 14.6 Å². The van der Waals surface area contributed by atoms with Crippen LogP contribution in [0.4, 0.5) is 11.5 Å². The molecule has 0 spiro atoms. The van der Waals surface area contributed by atoms with Gasteiger partial charge in [0.15, 0.2) is 11.3 Å². The van der Waals surface area contributed by atoms with Crippen LogP contribution < -0.4 is 16.5 Å². The van der Waals surface area contributed by atoms with Crippen LogP contribution in [-0.4, -0.2) is 48.6 Å². The molecule has 1 aliphatic rings. The second-order valence-corrected chi connectivity index (χ2v) is 10.2. The molecule has 11 nitrogen and oxygen atoms in total. The summed E-state index contributed by atoms with van der Waals surface area (Å²) in [5.41, 5.74) is 9.06. The molecule has 2 aromatic carbocycles. The first kappa shape index (κ1) is 25.7. The first-order valence-corrected chi connectivity index (χ1v) is 13.1. The molecule has 202 valence electrons. The molecule has 4 heterocycles. The first-order valence-electron chi connectivity index (χ1n) is 12.7. The molecular weight excluding hydrogens is 532 g/mol. The molecule has 0 unspecified atom stereocenters. The van der Waals surface area contributed by atoms with Crippen LogP contribution in [0.2, 0.25) is 5.02 Å². The monoisotopic (exact) mass is 556 g/mol. The van der Waals surface area contributed by atoms with Crippen molar-refractivity contribution in [2.45, 2.75) is 25.9 Å². The quantitative estimate of drug-likeness (QED) is 0.314. The molecule has 5 aromatic rings. The van der Waals surface area contributed by atoms with Gasteiger partial charge in [0.1, 0.15) is 23.9 Å². The standard InChI is InChI=1S/C28H25ClN8O3/c1-15(2)36-11-21(16-3-7-18(29)8-4-16)25(38)24(34-36)28(39)33-19-9-5-17(6-10-19)23-22-26(30)31-14-32-27(22)37(35-23)20-12-40-13-20/h3-11,14-15,20H,12-13H2,1-2H3,(H,33,39)(H2,30,31,32). The second-order valence-electron chi connectivity index (χ2n) is 9.77. The minimum absolute atomic E-state index is 0.0740. The van der Waals surface area contributed by atoms with Crippen molar-refractivity contribution in [1.29, 1.82) is 0 Å². The normalized spacial score (nSPS) is 13.5. The Hall–Kier alpha value is -4.61. The summed E-state index contributed by atoms with van der Waals surface area (Å²) in [7, 11) is 0. The van der Waals surface area contributed by atoms with Crippen LogP contribution in [-0.2, 0) is 4.74 Å². The Bertz CT molecular complexity index is 1790. The van der Waals surface area contributed by atoms with E-state index in [2.05, 4.69) is 20.4 Å². The van der Waals surface area contributed by atoms with E-state index < -0.39 is 11.3 Å². The molecule has 40 heavy (non-hydrogen) atoms. The first-order chi connectivity index (χ1) is 19.3. The van der Waals surface area contributed by atoms with E-state index >= 15 is 0 Å². The van der Waals surface area contributed by atoms with Gasteiger partial charge in [-0.15, -0.1) is 0 Å². The van der Waals surface area contributed by atoms with E-state index in [1.807, 2.05) is 30.7 Å². The molecule has 3 aromatic heterocycles. The highest BCUT2D eigenvalue weighted by molar-refractivity contribution is 6.30. The summed E-state index contributed by atoms with van der Waals surface area (Å²) in [5.74, 6) is -0.280. The fourth-order valence-electron chi connectivity index (χ4n) is 4.47. The number of rotatable bonds is 6. The van der Waals surface area contributed by atoms with Crippen molar-refractivity contribution >= 4 is 40.0 Å². The van der Waals surface area contributed by atoms with Gasteiger partial charge < -0.3 is 15.8 Å². The molecule has 0 saturated carbocycles. The van der Waals surface area contributed by atoms with Crippen molar-refractivity contribution in [3.05, 3.63) is 82.0 Å².